The third-order valence-electron chi connectivity index (χ3n) is 4.51. The van der Waals surface area contributed by atoms with Gasteiger partial charge in [0.15, 0.2) is 5.78 Å². The zero-order chi connectivity index (χ0) is 19.2. The van der Waals surface area contributed by atoms with Gasteiger partial charge in [-0.3, -0.25) is 9.69 Å². The van der Waals surface area contributed by atoms with Gasteiger partial charge >= 0.3 is 0 Å². The van der Waals surface area contributed by atoms with Crippen molar-refractivity contribution < 1.29 is 23.8 Å². The van der Waals surface area contributed by atoms with Crippen LogP contribution >= 0.6 is 0 Å². The number of rotatable bonds is 8. The van der Waals surface area contributed by atoms with E-state index in [1.54, 1.807) is 36.4 Å². The first kappa shape index (κ1) is 19.3. The van der Waals surface area contributed by atoms with Crippen LogP contribution in [0.3, 0.4) is 0 Å². The molecule has 2 atom stereocenters. The summed E-state index contributed by atoms with van der Waals surface area (Å²) in [5.41, 5.74) is 0.513. The number of ketones is 1. The maximum Gasteiger partial charge on any atom is 0.163 e. The van der Waals surface area contributed by atoms with Crippen molar-refractivity contribution >= 4 is 5.78 Å². The minimum atomic E-state index is -0.672. The van der Waals surface area contributed by atoms with Crippen molar-refractivity contribution in [2.45, 2.75) is 25.6 Å². The fraction of sp³-hybridized carbons (Fsp3) is 0.381. The van der Waals surface area contributed by atoms with Gasteiger partial charge < -0.3 is 14.6 Å². The Hall–Kier alpha value is -2.44. The summed E-state index contributed by atoms with van der Waals surface area (Å²) in [5, 5.41) is 10.3. The van der Waals surface area contributed by atoms with E-state index in [9.17, 15) is 14.3 Å². The van der Waals surface area contributed by atoms with E-state index in [4.69, 9.17) is 9.47 Å². The number of likely N-dealkylation sites (tertiary alicyclic amines) is 1. The van der Waals surface area contributed by atoms with Crippen LogP contribution in [0.1, 0.15) is 23.7 Å². The minimum Gasteiger partial charge on any atom is -0.490 e. The molecule has 1 aliphatic rings. The van der Waals surface area contributed by atoms with E-state index in [1.807, 2.05) is 0 Å². The highest BCUT2D eigenvalue weighted by Gasteiger charge is 2.26. The number of aliphatic hydroxyl groups is 1. The number of Topliss-reactive ketones (excluding diaryl/α,β-unsaturated/α-hetero) is 1. The molecule has 0 bridgehead atoms. The van der Waals surface area contributed by atoms with Crippen molar-refractivity contribution in [3.8, 4) is 11.5 Å². The van der Waals surface area contributed by atoms with Gasteiger partial charge in [-0.25, -0.2) is 4.39 Å². The molecule has 0 radical (unpaired) electrons. The second-order valence-electron chi connectivity index (χ2n) is 6.76. The van der Waals surface area contributed by atoms with Crippen LogP contribution in [0.15, 0.2) is 48.5 Å². The van der Waals surface area contributed by atoms with Crippen LogP contribution in [0.4, 0.5) is 4.39 Å². The third kappa shape index (κ3) is 5.52. The SMILES string of the molecule is CC(=O)c1ccccc1OCC(O)CN1CCC(Oc2ccc(F)cc2)C1. The fourth-order valence-electron chi connectivity index (χ4n) is 3.18. The summed E-state index contributed by atoms with van der Waals surface area (Å²) in [6.45, 7) is 3.57. The van der Waals surface area contributed by atoms with Gasteiger partial charge in [-0.1, -0.05) is 12.1 Å². The van der Waals surface area contributed by atoms with E-state index in [2.05, 4.69) is 4.90 Å². The van der Waals surface area contributed by atoms with Gasteiger partial charge in [0.25, 0.3) is 0 Å². The smallest absolute Gasteiger partial charge is 0.163 e. The highest BCUT2D eigenvalue weighted by atomic mass is 19.1. The Morgan fingerprint density at radius 3 is 2.74 bits per heavy atom. The van der Waals surface area contributed by atoms with Crippen molar-refractivity contribution in [3.05, 3.63) is 59.9 Å². The Morgan fingerprint density at radius 2 is 2.00 bits per heavy atom. The average Bonchev–Trinajstić information content (AvgIpc) is 3.09. The van der Waals surface area contributed by atoms with Gasteiger partial charge in [0.2, 0.25) is 0 Å². The molecule has 0 amide bonds. The number of ether oxygens (including phenoxy) is 2. The minimum absolute atomic E-state index is 0.0158. The first-order chi connectivity index (χ1) is 13.0. The van der Waals surface area contributed by atoms with Crippen LogP contribution in [-0.2, 0) is 0 Å². The number of aliphatic hydroxyl groups excluding tert-OH is 1. The monoisotopic (exact) mass is 373 g/mol. The third-order valence-corrected chi connectivity index (χ3v) is 4.51. The molecule has 1 fully saturated rings. The molecule has 27 heavy (non-hydrogen) atoms. The molecule has 1 N–H and O–H groups in total. The normalized spacial score (nSPS) is 18.3. The van der Waals surface area contributed by atoms with E-state index >= 15 is 0 Å². The number of halogens is 1. The van der Waals surface area contributed by atoms with E-state index in [0.29, 0.717) is 30.2 Å². The van der Waals surface area contributed by atoms with E-state index in [-0.39, 0.29) is 24.3 Å². The molecule has 1 saturated heterocycles. The molecule has 0 aliphatic carbocycles. The molecule has 2 aromatic carbocycles. The van der Waals surface area contributed by atoms with E-state index in [1.165, 1.54) is 19.1 Å². The summed E-state index contributed by atoms with van der Waals surface area (Å²) < 4.78 is 24.4. The Balaban J connectivity index is 1.44. The standard InChI is InChI=1S/C21H24FNO4/c1-15(24)20-4-2-3-5-21(20)26-14-17(25)12-23-11-10-19(13-23)27-18-8-6-16(22)7-9-18/h2-9,17,19,25H,10-14H2,1H3. The number of nitrogens with zero attached hydrogens (tertiary/aromatic N) is 1. The maximum absolute atomic E-state index is 12.9. The van der Waals surface area contributed by atoms with Crippen LogP contribution in [0.2, 0.25) is 0 Å². The van der Waals surface area contributed by atoms with Crippen LogP contribution in [0.5, 0.6) is 11.5 Å². The molecule has 5 nitrogen and oxygen atoms in total. The van der Waals surface area contributed by atoms with Crippen molar-refractivity contribution in [3.63, 3.8) is 0 Å². The highest BCUT2D eigenvalue weighted by molar-refractivity contribution is 5.96. The molecule has 0 spiro atoms. The second-order valence-corrected chi connectivity index (χ2v) is 6.76. The molecule has 6 heteroatoms. The lowest BCUT2D eigenvalue weighted by molar-refractivity contribution is 0.0711. The molecule has 0 aromatic heterocycles. The van der Waals surface area contributed by atoms with Crippen LogP contribution in [0.25, 0.3) is 0 Å². The van der Waals surface area contributed by atoms with Crippen molar-refractivity contribution in [2.75, 3.05) is 26.2 Å². The lowest BCUT2D eigenvalue weighted by atomic mass is 10.1. The number of β-amino-alcohol motifs (C(OH)–C–C–N with tert-alkyl or cyclic N) is 1. The zero-order valence-electron chi connectivity index (χ0n) is 15.3. The lowest BCUT2D eigenvalue weighted by Crippen LogP contribution is -2.35. The van der Waals surface area contributed by atoms with Gasteiger partial charge in [0.1, 0.15) is 36.1 Å². The molecule has 3 rings (SSSR count). The number of para-hydroxylation sites is 1. The van der Waals surface area contributed by atoms with Crippen LogP contribution in [0, 0.1) is 5.82 Å². The van der Waals surface area contributed by atoms with Gasteiger partial charge in [0.05, 0.1) is 5.56 Å². The predicted molar refractivity (Wildman–Crippen MR) is 99.8 cm³/mol. The molecule has 1 heterocycles. The molecular formula is C21H24FNO4. The molecule has 2 aromatic rings. The summed E-state index contributed by atoms with van der Waals surface area (Å²) in [7, 11) is 0. The summed E-state index contributed by atoms with van der Waals surface area (Å²) >= 11 is 0. The van der Waals surface area contributed by atoms with Crippen molar-refractivity contribution in [2.24, 2.45) is 0 Å². The summed E-state index contributed by atoms with van der Waals surface area (Å²) in [6.07, 6.45) is 0.189. The molecule has 2 unspecified atom stereocenters. The number of carbonyl (C=O) groups excluding carboxylic acids is 1. The molecule has 144 valence electrons. The van der Waals surface area contributed by atoms with Gasteiger partial charge in [0, 0.05) is 19.6 Å². The first-order valence-corrected chi connectivity index (χ1v) is 9.06. The Kier molecular flexibility index (Phi) is 6.42. The molecular weight excluding hydrogens is 349 g/mol. The van der Waals surface area contributed by atoms with Crippen LogP contribution < -0.4 is 9.47 Å². The van der Waals surface area contributed by atoms with E-state index < -0.39 is 6.10 Å². The number of hydrogen-bond donors (Lipinski definition) is 1. The Morgan fingerprint density at radius 1 is 1.26 bits per heavy atom. The highest BCUT2D eigenvalue weighted by Crippen LogP contribution is 2.20. The van der Waals surface area contributed by atoms with Gasteiger partial charge in [-0.2, -0.15) is 0 Å². The zero-order valence-corrected chi connectivity index (χ0v) is 15.3. The summed E-state index contributed by atoms with van der Waals surface area (Å²) in [4.78, 5) is 13.7. The molecule has 1 aliphatic heterocycles. The maximum atomic E-state index is 12.9. The fourth-order valence-corrected chi connectivity index (χ4v) is 3.18. The van der Waals surface area contributed by atoms with Gasteiger partial charge in [-0.15, -0.1) is 0 Å². The Labute approximate surface area is 158 Å². The van der Waals surface area contributed by atoms with Crippen molar-refractivity contribution in [1.82, 2.24) is 4.90 Å². The van der Waals surface area contributed by atoms with Gasteiger partial charge in [-0.05, 0) is 49.7 Å². The largest absolute Gasteiger partial charge is 0.490 e. The summed E-state index contributed by atoms with van der Waals surface area (Å²) in [5.74, 6) is 0.779. The quantitative estimate of drug-likeness (QED) is 0.721. The topological polar surface area (TPSA) is 59.0 Å². The molecule has 0 saturated carbocycles. The van der Waals surface area contributed by atoms with E-state index in [0.717, 1.165) is 13.0 Å². The Bertz CT molecular complexity index is 765. The average molecular weight is 373 g/mol. The van der Waals surface area contributed by atoms with Crippen molar-refractivity contribution in [1.29, 1.82) is 0 Å². The first-order valence-electron chi connectivity index (χ1n) is 9.06. The number of carbonyl (C=O) groups is 1. The number of hydrogen-bond acceptors (Lipinski definition) is 5. The number of benzene rings is 2. The predicted octanol–water partition coefficient (Wildman–Crippen LogP) is 2.92. The summed E-state index contributed by atoms with van der Waals surface area (Å²) in [6, 6.07) is 13.0. The second kappa shape index (κ2) is 8.97. The lowest BCUT2D eigenvalue weighted by Gasteiger charge is -2.21. The van der Waals surface area contributed by atoms with Crippen LogP contribution in [-0.4, -0.2) is 54.2 Å².